The van der Waals surface area contributed by atoms with Gasteiger partial charge in [-0.2, -0.15) is 5.10 Å². The summed E-state index contributed by atoms with van der Waals surface area (Å²) in [4.78, 5) is 11.1. The van der Waals surface area contributed by atoms with Gasteiger partial charge in [-0.25, -0.2) is 4.79 Å². The molecule has 0 spiro atoms. The lowest BCUT2D eigenvalue weighted by molar-refractivity contribution is -0.150. The second kappa shape index (κ2) is 5.32. The van der Waals surface area contributed by atoms with Gasteiger partial charge in [-0.3, -0.25) is 4.68 Å². The van der Waals surface area contributed by atoms with Crippen LogP contribution in [0.2, 0.25) is 5.02 Å². The molecule has 0 saturated carbocycles. The largest absolute Gasteiger partial charge is 0.467 e. The first kappa shape index (κ1) is 13.0. The molecule has 0 aliphatic rings. The zero-order chi connectivity index (χ0) is 12.3. The van der Waals surface area contributed by atoms with Crippen molar-refractivity contribution in [3.8, 4) is 0 Å². The number of aliphatic hydroxyl groups excluding tert-OH is 1. The number of hydrogen-bond acceptors (Lipinski definition) is 4. The summed E-state index contributed by atoms with van der Waals surface area (Å²) in [5.74, 6) is -0.669. The second-order valence-electron chi connectivity index (χ2n) is 3.40. The van der Waals surface area contributed by atoms with E-state index < -0.39 is 12.1 Å². The van der Waals surface area contributed by atoms with Crippen LogP contribution in [0.5, 0.6) is 0 Å². The summed E-state index contributed by atoms with van der Waals surface area (Å²) in [6.07, 6.45) is -1.09. The van der Waals surface area contributed by atoms with Crippen LogP contribution < -0.4 is 0 Å². The van der Waals surface area contributed by atoms with Crippen molar-refractivity contribution in [2.75, 3.05) is 7.11 Å². The molecule has 0 aromatic carbocycles. The highest BCUT2D eigenvalue weighted by molar-refractivity contribution is 6.31. The van der Waals surface area contributed by atoms with E-state index in [0.29, 0.717) is 23.0 Å². The molecule has 0 aliphatic carbocycles. The number of carbonyl (C=O) groups is 1. The van der Waals surface area contributed by atoms with E-state index in [1.807, 2.05) is 6.92 Å². The highest BCUT2D eigenvalue weighted by atomic mass is 35.5. The Balaban J connectivity index is 2.91. The van der Waals surface area contributed by atoms with Gasteiger partial charge in [0.2, 0.25) is 0 Å². The van der Waals surface area contributed by atoms with Gasteiger partial charge in [-0.15, -0.1) is 0 Å². The van der Waals surface area contributed by atoms with Crippen molar-refractivity contribution in [1.82, 2.24) is 9.78 Å². The van der Waals surface area contributed by atoms with Gasteiger partial charge in [0.1, 0.15) is 0 Å². The van der Waals surface area contributed by atoms with Gasteiger partial charge in [0.05, 0.1) is 23.5 Å². The van der Waals surface area contributed by atoms with Crippen LogP contribution in [0.15, 0.2) is 0 Å². The van der Waals surface area contributed by atoms with E-state index in [-0.39, 0.29) is 6.42 Å². The Kier molecular flexibility index (Phi) is 4.32. The molecule has 1 unspecified atom stereocenters. The van der Waals surface area contributed by atoms with E-state index in [9.17, 15) is 9.90 Å². The molecule has 0 fully saturated rings. The number of ether oxygens (including phenoxy) is 1. The van der Waals surface area contributed by atoms with Gasteiger partial charge in [-0.05, 0) is 13.8 Å². The zero-order valence-corrected chi connectivity index (χ0v) is 10.3. The lowest BCUT2D eigenvalue weighted by atomic mass is 10.2. The maximum Gasteiger partial charge on any atom is 0.335 e. The Labute approximate surface area is 99.0 Å². The van der Waals surface area contributed by atoms with Gasteiger partial charge >= 0.3 is 5.97 Å². The molecule has 1 heterocycles. The normalized spacial score (nSPS) is 12.6. The quantitative estimate of drug-likeness (QED) is 0.804. The molecule has 0 aliphatic heterocycles. The first-order valence-electron chi connectivity index (χ1n) is 4.98. The fourth-order valence-electron chi connectivity index (χ4n) is 1.47. The SMILES string of the molecule is CCn1nc(C)c(Cl)c1CC(O)C(=O)OC. The maximum absolute atomic E-state index is 11.1. The molecule has 0 saturated heterocycles. The molecule has 90 valence electrons. The fourth-order valence-corrected chi connectivity index (χ4v) is 1.68. The van der Waals surface area contributed by atoms with Crippen molar-refractivity contribution >= 4 is 17.6 Å². The monoisotopic (exact) mass is 246 g/mol. The third kappa shape index (κ3) is 2.54. The number of rotatable bonds is 4. The molecule has 1 aromatic rings. The summed E-state index contributed by atoms with van der Waals surface area (Å²) in [5, 5.41) is 14.2. The van der Waals surface area contributed by atoms with E-state index in [2.05, 4.69) is 9.84 Å². The predicted octanol–water partition coefficient (Wildman–Crippen LogP) is 0.941. The van der Waals surface area contributed by atoms with Crippen LogP contribution in [-0.2, 0) is 22.5 Å². The number of carbonyl (C=O) groups excluding carboxylic acids is 1. The minimum absolute atomic E-state index is 0.111. The second-order valence-corrected chi connectivity index (χ2v) is 3.78. The van der Waals surface area contributed by atoms with Crippen LogP contribution in [0.4, 0.5) is 0 Å². The zero-order valence-electron chi connectivity index (χ0n) is 9.53. The lowest BCUT2D eigenvalue weighted by Crippen LogP contribution is -2.25. The topological polar surface area (TPSA) is 64.3 Å². The van der Waals surface area contributed by atoms with Crippen molar-refractivity contribution < 1.29 is 14.6 Å². The van der Waals surface area contributed by atoms with Crippen molar-refractivity contribution in [2.45, 2.75) is 32.9 Å². The van der Waals surface area contributed by atoms with E-state index >= 15 is 0 Å². The van der Waals surface area contributed by atoms with Gasteiger partial charge < -0.3 is 9.84 Å². The molecule has 16 heavy (non-hydrogen) atoms. The molecule has 1 N–H and O–H groups in total. The molecular weight excluding hydrogens is 232 g/mol. The Bertz CT molecular complexity index is 390. The smallest absolute Gasteiger partial charge is 0.335 e. The minimum atomic E-state index is -1.20. The molecule has 1 aromatic heterocycles. The van der Waals surface area contributed by atoms with Gasteiger partial charge in [0, 0.05) is 13.0 Å². The highest BCUT2D eigenvalue weighted by Gasteiger charge is 2.21. The Morgan fingerprint density at radius 2 is 2.31 bits per heavy atom. The number of aliphatic hydroxyl groups is 1. The average molecular weight is 247 g/mol. The van der Waals surface area contributed by atoms with Crippen molar-refractivity contribution in [1.29, 1.82) is 0 Å². The number of esters is 1. The number of hydrogen-bond donors (Lipinski definition) is 1. The van der Waals surface area contributed by atoms with Crippen LogP contribution in [0.25, 0.3) is 0 Å². The average Bonchev–Trinajstić information content (AvgIpc) is 2.55. The van der Waals surface area contributed by atoms with Gasteiger partial charge in [-0.1, -0.05) is 11.6 Å². The fraction of sp³-hybridized carbons (Fsp3) is 0.600. The third-order valence-corrected chi connectivity index (χ3v) is 2.80. The molecule has 0 bridgehead atoms. The van der Waals surface area contributed by atoms with Crippen LogP contribution in [-0.4, -0.2) is 34.1 Å². The summed E-state index contributed by atoms with van der Waals surface area (Å²) in [6, 6.07) is 0. The first-order chi connectivity index (χ1) is 7.51. The molecular formula is C10H15ClN2O3. The molecule has 5 nitrogen and oxygen atoms in total. The Morgan fingerprint density at radius 3 is 2.81 bits per heavy atom. The van der Waals surface area contributed by atoms with Crippen molar-refractivity contribution in [3.05, 3.63) is 16.4 Å². The van der Waals surface area contributed by atoms with Gasteiger partial charge in [0.15, 0.2) is 6.10 Å². The Hall–Kier alpha value is -1.07. The first-order valence-corrected chi connectivity index (χ1v) is 5.36. The summed E-state index contributed by atoms with van der Waals surface area (Å²) in [6.45, 7) is 4.33. The number of halogens is 1. The molecule has 6 heteroatoms. The number of methoxy groups -OCH3 is 1. The Morgan fingerprint density at radius 1 is 1.69 bits per heavy atom. The summed E-state index contributed by atoms with van der Waals surface area (Å²) in [7, 11) is 1.23. The van der Waals surface area contributed by atoms with Crippen molar-refractivity contribution in [2.24, 2.45) is 0 Å². The van der Waals surface area contributed by atoms with Crippen molar-refractivity contribution in [3.63, 3.8) is 0 Å². The number of aryl methyl sites for hydroxylation is 2. The van der Waals surface area contributed by atoms with Crippen LogP contribution in [0, 0.1) is 6.92 Å². The highest BCUT2D eigenvalue weighted by Crippen LogP contribution is 2.21. The van der Waals surface area contributed by atoms with E-state index in [0.717, 1.165) is 0 Å². The molecule has 0 amide bonds. The summed E-state index contributed by atoms with van der Waals surface area (Å²) in [5.41, 5.74) is 1.34. The predicted molar refractivity (Wildman–Crippen MR) is 59.4 cm³/mol. The van der Waals surface area contributed by atoms with Crippen LogP contribution >= 0.6 is 11.6 Å². The van der Waals surface area contributed by atoms with E-state index in [1.165, 1.54) is 7.11 Å². The molecule has 1 atom stereocenters. The standard InChI is InChI=1S/C10H15ClN2O3/c1-4-13-7(9(11)6(2)12-13)5-8(14)10(15)16-3/h8,14H,4-5H2,1-3H3. The number of aromatic nitrogens is 2. The van der Waals surface area contributed by atoms with Gasteiger partial charge in [0.25, 0.3) is 0 Å². The summed E-state index contributed by atoms with van der Waals surface area (Å²) < 4.78 is 6.11. The van der Waals surface area contributed by atoms with Crippen LogP contribution in [0.1, 0.15) is 18.3 Å². The van der Waals surface area contributed by atoms with E-state index in [1.54, 1.807) is 11.6 Å². The van der Waals surface area contributed by atoms with E-state index in [4.69, 9.17) is 11.6 Å². The van der Waals surface area contributed by atoms with Crippen LogP contribution in [0.3, 0.4) is 0 Å². The minimum Gasteiger partial charge on any atom is -0.467 e. The molecule has 0 radical (unpaired) electrons. The summed E-state index contributed by atoms with van der Waals surface area (Å²) >= 11 is 6.04. The lowest BCUT2D eigenvalue weighted by Gasteiger charge is -2.09. The number of nitrogens with zero attached hydrogens (tertiary/aromatic N) is 2. The molecule has 1 rings (SSSR count). The maximum atomic E-state index is 11.1. The third-order valence-electron chi connectivity index (χ3n) is 2.31.